The van der Waals surface area contributed by atoms with E-state index in [-0.39, 0.29) is 6.54 Å². The molecule has 0 aromatic rings. The molecular weight excluding hydrogens is 282 g/mol. The molecule has 0 aliphatic heterocycles. The number of rotatable bonds is 11. The molecule has 0 aromatic carbocycles. The molecule has 2 N–H and O–H groups in total. The lowest BCUT2D eigenvalue weighted by molar-refractivity contribution is -0.875. The van der Waals surface area contributed by atoms with Crippen molar-refractivity contribution < 1.29 is 24.3 Å². The van der Waals surface area contributed by atoms with E-state index in [0.717, 1.165) is 19.3 Å². The molecule has 1 atom stereocenters. The third-order valence-corrected chi connectivity index (χ3v) is 3.11. The molecule has 0 rings (SSSR count). The second kappa shape index (κ2) is 9.54. The maximum Gasteiger partial charge on any atom is 0.307 e. The van der Waals surface area contributed by atoms with Gasteiger partial charge in [-0.25, -0.2) is 0 Å². The summed E-state index contributed by atoms with van der Waals surface area (Å²) in [6.07, 6.45) is 10.4. The highest BCUT2D eigenvalue weighted by Crippen LogP contribution is 2.17. The molecule has 22 heavy (non-hydrogen) atoms. The zero-order chi connectivity index (χ0) is 17.2. The molecule has 5 heteroatoms. The van der Waals surface area contributed by atoms with Gasteiger partial charge in [0.25, 0.3) is 0 Å². The second-order valence-corrected chi connectivity index (χ2v) is 6.70. The maximum atomic E-state index is 12.2. The van der Waals surface area contributed by atoms with Gasteiger partial charge in [-0.15, -0.1) is 0 Å². The number of carboxylic acid groups (broad SMARTS) is 1. The fraction of sp³-hybridized carbons (Fsp3) is 0.647. The predicted molar refractivity (Wildman–Crippen MR) is 87.5 cm³/mol. The second-order valence-electron chi connectivity index (χ2n) is 6.70. The normalized spacial score (nSPS) is 15.3. The van der Waals surface area contributed by atoms with Gasteiger partial charge < -0.3 is 14.7 Å². The number of likely N-dealkylation sites (N-methyl/N-ethyl adjacent to an activating group) is 1. The summed E-state index contributed by atoms with van der Waals surface area (Å²) in [7, 11) is 5.41. The van der Waals surface area contributed by atoms with Gasteiger partial charge in [0.2, 0.25) is 0 Å². The number of carbonyl (C=O) groups is 2. The molecule has 126 valence electrons. The molecule has 0 amide bonds. The van der Waals surface area contributed by atoms with E-state index in [1.807, 2.05) is 6.08 Å². The van der Waals surface area contributed by atoms with Crippen molar-refractivity contribution in [2.45, 2.75) is 44.6 Å². The zero-order valence-corrected chi connectivity index (χ0v) is 14.2. The van der Waals surface area contributed by atoms with Crippen molar-refractivity contribution in [3.63, 3.8) is 0 Å². The number of nitrogens with zero attached hydrogens (tertiary/aromatic N) is 1. The SMILES string of the molecule is CCCCCC=CC=CC(=O)[C@@](O)(CC(=O)O)C[N+](C)(C)C. The molecule has 0 aliphatic carbocycles. The Morgan fingerprint density at radius 1 is 1.14 bits per heavy atom. The number of hydrogen-bond acceptors (Lipinski definition) is 3. The van der Waals surface area contributed by atoms with Gasteiger partial charge in [0.15, 0.2) is 11.4 Å². The Labute approximate surface area is 133 Å². The first-order chi connectivity index (χ1) is 10.1. The molecule has 0 unspecified atom stereocenters. The van der Waals surface area contributed by atoms with Crippen LogP contribution in [0.1, 0.15) is 39.0 Å². The van der Waals surface area contributed by atoms with Crippen molar-refractivity contribution in [2.24, 2.45) is 0 Å². The molecule has 0 aromatic heterocycles. The van der Waals surface area contributed by atoms with Gasteiger partial charge in [-0.05, 0) is 18.9 Å². The lowest BCUT2D eigenvalue weighted by Crippen LogP contribution is -2.54. The summed E-state index contributed by atoms with van der Waals surface area (Å²) < 4.78 is 0.302. The third-order valence-electron chi connectivity index (χ3n) is 3.11. The van der Waals surface area contributed by atoms with E-state index in [4.69, 9.17) is 5.11 Å². The summed E-state index contributed by atoms with van der Waals surface area (Å²) >= 11 is 0. The number of hydrogen-bond donors (Lipinski definition) is 2. The summed E-state index contributed by atoms with van der Waals surface area (Å²) in [5.74, 6) is -1.76. The van der Waals surface area contributed by atoms with Crippen LogP contribution in [0, 0.1) is 0 Å². The van der Waals surface area contributed by atoms with Crippen molar-refractivity contribution >= 4 is 11.8 Å². The van der Waals surface area contributed by atoms with Crippen molar-refractivity contribution in [2.75, 3.05) is 27.7 Å². The standard InChI is InChI=1S/C17H29NO4/c1-5-6-7-8-9-10-11-12-15(19)17(22,13-16(20)21)14-18(2,3)4/h9-12,22H,5-8,13-14H2,1-4H3/p+1/t17-/m1/s1. The van der Waals surface area contributed by atoms with Crippen molar-refractivity contribution in [3.8, 4) is 0 Å². The summed E-state index contributed by atoms with van der Waals surface area (Å²) in [4.78, 5) is 23.1. The Morgan fingerprint density at radius 3 is 2.27 bits per heavy atom. The smallest absolute Gasteiger partial charge is 0.307 e. The molecule has 0 aliphatic rings. The Balaban J connectivity index is 4.73. The van der Waals surface area contributed by atoms with Gasteiger partial charge >= 0.3 is 5.97 Å². The minimum atomic E-state index is -1.88. The number of unbranched alkanes of at least 4 members (excludes halogenated alkanes) is 3. The van der Waals surface area contributed by atoms with E-state index in [9.17, 15) is 14.7 Å². The Kier molecular flexibility index (Phi) is 8.90. The van der Waals surface area contributed by atoms with Gasteiger partial charge in [0.05, 0.1) is 27.6 Å². The van der Waals surface area contributed by atoms with Crippen molar-refractivity contribution in [1.29, 1.82) is 0 Å². The van der Waals surface area contributed by atoms with E-state index < -0.39 is 23.8 Å². The van der Waals surface area contributed by atoms with Crippen molar-refractivity contribution in [3.05, 3.63) is 24.3 Å². The number of aliphatic hydroxyl groups is 1. The number of ketones is 1. The first-order valence-electron chi connectivity index (χ1n) is 7.73. The van der Waals surface area contributed by atoms with E-state index in [0.29, 0.717) is 4.48 Å². The first kappa shape index (κ1) is 20.5. The number of aliphatic carboxylic acids is 1. The van der Waals surface area contributed by atoms with Gasteiger partial charge in [-0.3, -0.25) is 9.59 Å². The van der Waals surface area contributed by atoms with Crippen LogP contribution in [0.4, 0.5) is 0 Å². The van der Waals surface area contributed by atoms with Gasteiger partial charge in [0.1, 0.15) is 6.54 Å². The van der Waals surface area contributed by atoms with E-state index in [2.05, 4.69) is 6.92 Å². The molecule has 0 heterocycles. The largest absolute Gasteiger partial charge is 0.481 e. The molecule has 0 spiro atoms. The molecule has 0 saturated heterocycles. The Hall–Kier alpha value is -1.46. The number of carboxylic acids is 1. The minimum Gasteiger partial charge on any atom is -0.481 e. The summed E-state index contributed by atoms with van der Waals surface area (Å²) in [6.45, 7) is 2.18. The van der Waals surface area contributed by atoms with Crippen LogP contribution in [0.25, 0.3) is 0 Å². The number of quaternary nitrogens is 1. The monoisotopic (exact) mass is 312 g/mol. The lowest BCUT2D eigenvalue weighted by atomic mass is 9.92. The summed E-state index contributed by atoms with van der Waals surface area (Å²) in [5.41, 5.74) is -1.88. The van der Waals surface area contributed by atoms with E-state index in [1.165, 1.54) is 12.5 Å². The average Bonchev–Trinajstić information content (AvgIpc) is 2.34. The minimum absolute atomic E-state index is 0.0443. The van der Waals surface area contributed by atoms with Crippen LogP contribution in [-0.2, 0) is 9.59 Å². The van der Waals surface area contributed by atoms with Crippen LogP contribution in [-0.4, -0.2) is 59.7 Å². The summed E-state index contributed by atoms with van der Waals surface area (Å²) in [5, 5.41) is 19.4. The highest BCUT2D eigenvalue weighted by atomic mass is 16.4. The average molecular weight is 312 g/mol. The molecule has 5 nitrogen and oxygen atoms in total. The van der Waals surface area contributed by atoms with Gasteiger partial charge in [0, 0.05) is 0 Å². The fourth-order valence-corrected chi connectivity index (χ4v) is 2.24. The number of allylic oxidation sites excluding steroid dienone is 3. The van der Waals surface area contributed by atoms with Crippen LogP contribution in [0.3, 0.4) is 0 Å². The topological polar surface area (TPSA) is 74.6 Å². The Bertz CT molecular complexity index is 421. The van der Waals surface area contributed by atoms with Crippen LogP contribution >= 0.6 is 0 Å². The molecule has 0 radical (unpaired) electrons. The number of carbonyl (C=O) groups excluding carboxylic acids is 1. The highest BCUT2D eigenvalue weighted by molar-refractivity contribution is 5.99. The Morgan fingerprint density at radius 2 is 1.77 bits per heavy atom. The van der Waals surface area contributed by atoms with E-state index >= 15 is 0 Å². The third kappa shape index (κ3) is 9.47. The molecular formula is C17H30NO4+. The molecule has 0 bridgehead atoms. The predicted octanol–water partition coefficient (Wildman–Crippen LogP) is 2.16. The zero-order valence-electron chi connectivity index (χ0n) is 14.2. The highest BCUT2D eigenvalue weighted by Gasteiger charge is 2.41. The van der Waals surface area contributed by atoms with Crippen LogP contribution in [0.5, 0.6) is 0 Å². The van der Waals surface area contributed by atoms with Crippen LogP contribution < -0.4 is 0 Å². The van der Waals surface area contributed by atoms with Crippen LogP contribution in [0.15, 0.2) is 24.3 Å². The maximum absolute atomic E-state index is 12.2. The summed E-state index contributed by atoms with van der Waals surface area (Å²) in [6, 6.07) is 0. The van der Waals surface area contributed by atoms with Crippen molar-refractivity contribution in [1.82, 2.24) is 0 Å². The van der Waals surface area contributed by atoms with Gasteiger partial charge in [-0.1, -0.05) is 38.0 Å². The molecule has 0 fully saturated rings. The first-order valence-corrected chi connectivity index (χ1v) is 7.73. The van der Waals surface area contributed by atoms with E-state index in [1.54, 1.807) is 33.3 Å². The quantitative estimate of drug-likeness (QED) is 0.265. The van der Waals surface area contributed by atoms with Gasteiger partial charge in [-0.2, -0.15) is 0 Å². The molecule has 0 saturated carbocycles. The lowest BCUT2D eigenvalue weighted by Gasteiger charge is -2.33. The fourth-order valence-electron chi connectivity index (χ4n) is 2.24. The van der Waals surface area contributed by atoms with Crippen LogP contribution in [0.2, 0.25) is 0 Å².